The predicted octanol–water partition coefficient (Wildman–Crippen LogP) is 6.99. The van der Waals surface area contributed by atoms with E-state index in [2.05, 4.69) is 10.6 Å². The van der Waals surface area contributed by atoms with E-state index in [1.807, 2.05) is 48.5 Å². The summed E-state index contributed by atoms with van der Waals surface area (Å²) >= 11 is 12.2. The van der Waals surface area contributed by atoms with Crippen LogP contribution in [0.4, 0.5) is 16.2 Å². The van der Waals surface area contributed by atoms with Gasteiger partial charge in [-0.15, -0.1) is 0 Å². The molecular weight excluding hydrogens is 507 g/mol. The molecule has 184 valence electrons. The predicted molar refractivity (Wildman–Crippen MR) is 150 cm³/mol. The van der Waals surface area contributed by atoms with Gasteiger partial charge in [-0.1, -0.05) is 71.7 Å². The van der Waals surface area contributed by atoms with Gasteiger partial charge in [0.15, 0.2) is 0 Å². The van der Waals surface area contributed by atoms with Gasteiger partial charge in [0.2, 0.25) is 0 Å². The number of hydrogen-bond acceptors (Lipinski definition) is 3. The van der Waals surface area contributed by atoms with Crippen molar-refractivity contribution in [3.63, 3.8) is 0 Å². The van der Waals surface area contributed by atoms with Crippen LogP contribution in [0.15, 0.2) is 102 Å². The smallest absolute Gasteiger partial charge is 0.308 e. The highest BCUT2D eigenvalue weighted by atomic mass is 35.5. The maximum atomic E-state index is 13.7. The Bertz CT molecular complexity index is 1650. The van der Waals surface area contributed by atoms with E-state index < -0.39 is 6.03 Å². The average molecular weight is 529 g/mol. The van der Waals surface area contributed by atoms with E-state index >= 15 is 0 Å². The maximum Gasteiger partial charge on any atom is 0.323 e. The number of aromatic nitrogens is 2. The molecule has 0 saturated heterocycles. The van der Waals surface area contributed by atoms with Crippen molar-refractivity contribution >= 4 is 51.5 Å². The molecule has 0 unspecified atom stereocenters. The first kappa shape index (κ1) is 24.6. The highest BCUT2D eigenvalue weighted by molar-refractivity contribution is 6.31. The van der Waals surface area contributed by atoms with Gasteiger partial charge >= 0.3 is 6.03 Å². The van der Waals surface area contributed by atoms with Crippen LogP contribution in [0.3, 0.4) is 0 Å². The summed E-state index contributed by atoms with van der Waals surface area (Å²) < 4.78 is 1.66. The fraction of sp³-hybridized carbons (Fsp3) is 0.0690. The number of anilines is 2. The van der Waals surface area contributed by atoms with Gasteiger partial charge in [0.1, 0.15) is 5.82 Å². The molecule has 6 nitrogen and oxygen atoms in total. The Kier molecular flexibility index (Phi) is 7.21. The van der Waals surface area contributed by atoms with Crippen LogP contribution in [-0.2, 0) is 13.0 Å². The number of amides is 2. The van der Waals surface area contributed by atoms with Crippen molar-refractivity contribution in [1.82, 2.24) is 9.55 Å². The number of fused-ring (bicyclic) bond motifs is 1. The maximum absolute atomic E-state index is 13.7. The number of nitrogens with one attached hydrogen (secondary N) is 2. The van der Waals surface area contributed by atoms with Crippen molar-refractivity contribution in [2.75, 3.05) is 10.6 Å². The zero-order valence-corrected chi connectivity index (χ0v) is 21.1. The molecule has 0 aliphatic carbocycles. The lowest BCUT2D eigenvalue weighted by molar-refractivity contribution is 0.262. The molecule has 4 aromatic carbocycles. The Balaban J connectivity index is 1.50. The van der Waals surface area contributed by atoms with E-state index in [0.717, 1.165) is 11.1 Å². The topological polar surface area (TPSA) is 76.0 Å². The van der Waals surface area contributed by atoms with Crippen LogP contribution in [0, 0.1) is 0 Å². The van der Waals surface area contributed by atoms with Gasteiger partial charge in [0, 0.05) is 27.8 Å². The van der Waals surface area contributed by atoms with Crippen LogP contribution in [-0.4, -0.2) is 15.6 Å². The zero-order chi connectivity index (χ0) is 25.8. The Hall–Kier alpha value is -4.13. The lowest BCUT2D eigenvalue weighted by Gasteiger charge is -2.15. The number of rotatable bonds is 6. The van der Waals surface area contributed by atoms with Crippen LogP contribution >= 0.6 is 23.2 Å². The fourth-order valence-electron chi connectivity index (χ4n) is 4.10. The normalized spacial score (nSPS) is 10.9. The van der Waals surface area contributed by atoms with Crippen molar-refractivity contribution in [2.24, 2.45) is 0 Å². The summed E-state index contributed by atoms with van der Waals surface area (Å²) in [4.78, 5) is 31.1. The highest BCUT2D eigenvalue weighted by Gasteiger charge is 2.14. The van der Waals surface area contributed by atoms with Gasteiger partial charge in [-0.3, -0.25) is 9.36 Å². The van der Waals surface area contributed by atoms with Crippen LogP contribution in [0.25, 0.3) is 10.9 Å². The minimum atomic E-state index is -0.450. The summed E-state index contributed by atoms with van der Waals surface area (Å²) in [6, 6.07) is 28.8. The molecule has 1 aromatic heterocycles. The van der Waals surface area contributed by atoms with Crippen molar-refractivity contribution in [2.45, 2.75) is 13.0 Å². The fourth-order valence-corrected chi connectivity index (χ4v) is 4.50. The van der Waals surface area contributed by atoms with Crippen molar-refractivity contribution in [3.05, 3.63) is 134 Å². The molecule has 8 heteroatoms. The van der Waals surface area contributed by atoms with E-state index in [1.165, 1.54) is 0 Å². The minimum absolute atomic E-state index is 0.199. The van der Waals surface area contributed by atoms with Crippen molar-refractivity contribution < 1.29 is 4.79 Å². The molecule has 2 N–H and O–H groups in total. The first-order valence-electron chi connectivity index (χ1n) is 11.6. The van der Waals surface area contributed by atoms with E-state index in [1.54, 1.807) is 53.1 Å². The molecule has 0 fully saturated rings. The van der Waals surface area contributed by atoms with E-state index in [9.17, 15) is 9.59 Å². The monoisotopic (exact) mass is 528 g/mol. The van der Waals surface area contributed by atoms with E-state index in [-0.39, 0.29) is 5.56 Å². The average Bonchev–Trinajstić information content (AvgIpc) is 2.87. The largest absolute Gasteiger partial charge is 0.323 e. The van der Waals surface area contributed by atoms with E-state index in [4.69, 9.17) is 28.2 Å². The SMILES string of the molecule is O=C(Nc1cccc(Cl)c1)Nc1ccc2nc(Cc3ccccc3)n(Cc3cccc(Cl)c3)c(=O)c2c1. The molecule has 0 radical (unpaired) electrons. The molecule has 0 spiro atoms. The number of hydrogen-bond donors (Lipinski definition) is 2. The second-order valence-electron chi connectivity index (χ2n) is 8.53. The molecule has 0 aliphatic rings. The van der Waals surface area contributed by atoms with Gasteiger partial charge < -0.3 is 10.6 Å². The van der Waals surface area contributed by atoms with Gasteiger partial charge in [0.25, 0.3) is 5.56 Å². The van der Waals surface area contributed by atoms with Crippen LogP contribution in [0.5, 0.6) is 0 Å². The molecule has 0 bridgehead atoms. The molecule has 0 atom stereocenters. The third-order valence-electron chi connectivity index (χ3n) is 5.81. The quantitative estimate of drug-likeness (QED) is 0.249. The number of urea groups is 1. The second-order valence-corrected chi connectivity index (χ2v) is 9.41. The molecule has 37 heavy (non-hydrogen) atoms. The Morgan fingerprint density at radius 2 is 1.43 bits per heavy atom. The second kappa shape index (κ2) is 10.9. The highest BCUT2D eigenvalue weighted by Crippen LogP contribution is 2.20. The summed E-state index contributed by atoms with van der Waals surface area (Å²) in [7, 11) is 0. The summed E-state index contributed by atoms with van der Waals surface area (Å²) in [6.07, 6.45) is 0.495. The zero-order valence-electron chi connectivity index (χ0n) is 19.6. The Morgan fingerprint density at radius 1 is 0.757 bits per heavy atom. The molecule has 1 heterocycles. The Morgan fingerprint density at radius 3 is 2.16 bits per heavy atom. The lowest BCUT2D eigenvalue weighted by atomic mass is 10.1. The summed E-state index contributed by atoms with van der Waals surface area (Å²) in [5.74, 6) is 0.642. The molecule has 0 aliphatic heterocycles. The number of carbonyl (C=O) groups excluding carboxylic acids is 1. The Labute approximate surface area is 223 Å². The summed E-state index contributed by atoms with van der Waals surface area (Å²) in [6.45, 7) is 0.317. The lowest BCUT2D eigenvalue weighted by Crippen LogP contribution is -2.26. The van der Waals surface area contributed by atoms with Crippen LogP contribution < -0.4 is 16.2 Å². The van der Waals surface area contributed by atoms with E-state index in [0.29, 0.717) is 51.1 Å². The van der Waals surface area contributed by atoms with Gasteiger partial charge in [0.05, 0.1) is 17.4 Å². The first-order chi connectivity index (χ1) is 17.9. The van der Waals surface area contributed by atoms with Gasteiger partial charge in [-0.25, -0.2) is 9.78 Å². The van der Waals surface area contributed by atoms with Crippen LogP contribution in [0.1, 0.15) is 17.0 Å². The first-order valence-corrected chi connectivity index (χ1v) is 12.4. The summed E-state index contributed by atoms with van der Waals surface area (Å²) in [5.41, 5.74) is 3.32. The summed E-state index contributed by atoms with van der Waals surface area (Å²) in [5, 5.41) is 7.02. The van der Waals surface area contributed by atoms with Crippen molar-refractivity contribution in [1.29, 1.82) is 0 Å². The van der Waals surface area contributed by atoms with Crippen LogP contribution in [0.2, 0.25) is 10.0 Å². The number of benzene rings is 4. The molecule has 5 rings (SSSR count). The molecular formula is C29H22Cl2N4O2. The molecule has 2 amide bonds. The number of halogens is 2. The third kappa shape index (κ3) is 6.00. The van der Waals surface area contributed by atoms with Crippen molar-refractivity contribution in [3.8, 4) is 0 Å². The molecule has 5 aromatic rings. The third-order valence-corrected chi connectivity index (χ3v) is 6.28. The molecule has 0 saturated carbocycles. The number of nitrogens with zero attached hydrogens (tertiary/aromatic N) is 2. The number of carbonyl (C=O) groups is 1. The van der Waals surface area contributed by atoms with Gasteiger partial charge in [-0.05, 0) is 59.7 Å². The standard InChI is InChI=1S/C29H22Cl2N4O2/c30-21-9-4-8-20(14-21)18-35-27(15-19-6-2-1-3-7-19)34-26-13-12-24(17-25(26)28(35)36)33-29(37)32-23-11-5-10-22(31)16-23/h1-14,16-17H,15,18H2,(H2,32,33,37). The van der Waals surface area contributed by atoms with Gasteiger partial charge in [-0.2, -0.15) is 0 Å². The minimum Gasteiger partial charge on any atom is -0.308 e.